The van der Waals surface area contributed by atoms with Gasteiger partial charge in [-0.15, -0.1) is 5.10 Å². The van der Waals surface area contributed by atoms with Crippen LogP contribution in [0.1, 0.15) is 32.6 Å². The predicted octanol–water partition coefficient (Wildman–Crippen LogP) is 3.04. The minimum atomic E-state index is -0.507. The maximum absolute atomic E-state index is 12.5. The van der Waals surface area contributed by atoms with Crippen LogP contribution in [0.2, 0.25) is 0 Å². The Morgan fingerprint density at radius 2 is 1.78 bits per heavy atom. The lowest BCUT2D eigenvalue weighted by molar-refractivity contribution is -0.138. The fraction of sp³-hybridized carbons (Fsp3) is 0.444. The molecule has 1 unspecified atom stereocenters. The van der Waals surface area contributed by atoms with Gasteiger partial charge in [-0.25, -0.2) is 4.68 Å². The van der Waals surface area contributed by atoms with Gasteiger partial charge in [-0.05, 0) is 31.9 Å². The largest absolute Gasteiger partial charge is 0.463 e. The number of aromatic nitrogens is 2. The highest BCUT2D eigenvalue weighted by molar-refractivity contribution is 5.80. The normalized spacial score (nSPS) is 16.7. The first kappa shape index (κ1) is 15.6. The molecule has 1 amide bonds. The van der Waals surface area contributed by atoms with Gasteiger partial charge >= 0.3 is 0 Å². The molecule has 23 heavy (non-hydrogen) atoms. The molecule has 1 fully saturated rings. The predicted molar refractivity (Wildman–Crippen MR) is 88.7 cm³/mol. The van der Waals surface area contributed by atoms with E-state index in [0.29, 0.717) is 5.88 Å². The summed E-state index contributed by atoms with van der Waals surface area (Å²) in [6.45, 7) is 3.48. The van der Waals surface area contributed by atoms with E-state index in [9.17, 15) is 4.79 Å². The van der Waals surface area contributed by atoms with Crippen molar-refractivity contribution in [3.8, 4) is 11.6 Å². The molecule has 0 spiro atoms. The third-order valence-electron chi connectivity index (χ3n) is 4.15. The molecule has 2 aromatic rings. The summed E-state index contributed by atoms with van der Waals surface area (Å²) in [6, 6.07) is 11.6. The zero-order valence-corrected chi connectivity index (χ0v) is 13.5. The van der Waals surface area contributed by atoms with Gasteiger partial charge < -0.3 is 9.64 Å². The molecule has 5 heteroatoms. The van der Waals surface area contributed by atoms with Crippen molar-refractivity contribution in [1.82, 2.24) is 14.7 Å². The Kier molecular flexibility index (Phi) is 4.95. The molecular formula is C18H23N3O2. The molecule has 0 N–H and O–H groups in total. The van der Waals surface area contributed by atoms with E-state index in [2.05, 4.69) is 5.10 Å². The van der Waals surface area contributed by atoms with E-state index in [1.54, 1.807) is 17.7 Å². The van der Waals surface area contributed by atoms with Crippen LogP contribution in [0, 0.1) is 0 Å². The van der Waals surface area contributed by atoms with Crippen LogP contribution in [0.25, 0.3) is 5.69 Å². The zero-order valence-electron chi connectivity index (χ0n) is 13.5. The van der Waals surface area contributed by atoms with Crippen LogP contribution in [-0.2, 0) is 4.79 Å². The van der Waals surface area contributed by atoms with E-state index >= 15 is 0 Å². The molecule has 2 heterocycles. The number of rotatable bonds is 4. The molecular weight excluding hydrogens is 290 g/mol. The van der Waals surface area contributed by atoms with Gasteiger partial charge in [0.1, 0.15) is 0 Å². The Morgan fingerprint density at radius 1 is 1.09 bits per heavy atom. The highest BCUT2D eigenvalue weighted by atomic mass is 16.5. The number of nitrogens with zero attached hydrogens (tertiary/aromatic N) is 3. The summed E-state index contributed by atoms with van der Waals surface area (Å²) in [5, 5.41) is 4.39. The molecule has 5 nitrogen and oxygen atoms in total. The molecule has 0 saturated carbocycles. The first-order valence-electron chi connectivity index (χ1n) is 8.30. The fourth-order valence-corrected chi connectivity index (χ4v) is 2.87. The van der Waals surface area contributed by atoms with Gasteiger partial charge in [0.2, 0.25) is 5.88 Å². The molecule has 1 aliphatic heterocycles. The van der Waals surface area contributed by atoms with Crippen LogP contribution in [0.4, 0.5) is 0 Å². The van der Waals surface area contributed by atoms with Gasteiger partial charge in [-0.1, -0.05) is 31.0 Å². The van der Waals surface area contributed by atoms with E-state index in [1.165, 1.54) is 12.8 Å². The summed E-state index contributed by atoms with van der Waals surface area (Å²) in [4.78, 5) is 14.4. The van der Waals surface area contributed by atoms with Gasteiger partial charge in [-0.2, -0.15) is 0 Å². The average Bonchev–Trinajstić information content (AvgIpc) is 2.88. The molecule has 0 radical (unpaired) electrons. The highest BCUT2D eigenvalue weighted by Crippen LogP contribution is 2.15. The Morgan fingerprint density at radius 3 is 2.48 bits per heavy atom. The lowest BCUT2D eigenvalue weighted by Crippen LogP contribution is -2.41. The van der Waals surface area contributed by atoms with Gasteiger partial charge in [0.15, 0.2) is 6.10 Å². The van der Waals surface area contributed by atoms with E-state index in [0.717, 1.165) is 31.6 Å². The lowest BCUT2D eigenvalue weighted by atomic mass is 10.2. The van der Waals surface area contributed by atoms with Crippen LogP contribution in [-0.4, -0.2) is 39.8 Å². The standard InChI is InChI=1S/C18H23N3O2/c1-15(18(22)20-12-7-2-3-8-13-20)23-17-11-14-21(19-17)16-9-5-4-6-10-16/h4-6,9-11,14-15H,2-3,7-8,12-13H2,1H3. The van der Waals surface area contributed by atoms with Crippen molar-refractivity contribution in [3.05, 3.63) is 42.6 Å². The maximum Gasteiger partial charge on any atom is 0.263 e. The second kappa shape index (κ2) is 7.31. The smallest absolute Gasteiger partial charge is 0.263 e. The zero-order chi connectivity index (χ0) is 16.1. The summed E-state index contributed by atoms with van der Waals surface area (Å²) in [5.74, 6) is 0.533. The summed E-state index contributed by atoms with van der Waals surface area (Å²) < 4.78 is 7.50. The van der Waals surface area contributed by atoms with Crippen LogP contribution in [0.5, 0.6) is 5.88 Å². The summed E-state index contributed by atoms with van der Waals surface area (Å²) in [5.41, 5.74) is 0.967. The summed E-state index contributed by atoms with van der Waals surface area (Å²) >= 11 is 0. The Balaban J connectivity index is 1.62. The Labute approximate surface area is 136 Å². The molecule has 1 aromatic carbocycles. The molecule has 0 bridgehead atoms. The van der Waals surface area contributed by atoms with Gasteiger partial charge in [0.05, 0.1) is 5.69 Å². The average molecular weight is 313 g/mol. The van der Waals surface area contributed by atoms with Crippen LogP contribution in [0.3, 0.4) is 0 Å². The van der Waals surface area contributed by atoms with Crippen LogP contribution < -0.4 is 4.74 Å². The van der Waals surface area contributed by atoms with Crippen molar-refractivity contribution < 1.29 is 9.53 Å². The highest BCUT2D eigenvalue weighted by Gasteiger charge is 2.23. The number of carbonyl (C=O) groups is 1. The van der Waals surface area contributed by atoms with E-state index < -0.39 is 6.10 Å². The topological polar surface area (TPSA) is 47.4 Å². The number of likely N-dealkylation sites (tertiary alicyclic amines) is 1. The summed E-state index contributed by atoms with van der Waals surface area (Å²) in [6.07, 6.45) is 5.92. The van der Waals surface area contributed by atoms with Crippen molar-refractivity contribution in [3.63, 3.8) is 0 Å². The van der Waals surface area contributed by atoms with E-state index in [1.807, 2.05) is 41.4 Å². The van der Waals surface area contributed by atoms with Crippen LogP contribution in [0.15, 0.2) is 42.6 Å². The van der Waals surface area contributed by atoms with Crippen molar-refractivity contribution in [1.29, 1.82) is 0 Å². The van der Waals surface area contributed by atoms with E-state index in [4.69, 9.17) is 4.74 Å². The molecule has 1 saturated heterocycles. The number of amides is 1. The quantitative estimate of drug-likeness (QED) is 0.871. The molecule has 1 aromatic heterocycles. The van der Waals surface area contributed by atoms with Gasteiger partial charge in [0.25, 0.3) is 5.91 Å². The monoisotopic (exact) mass is 313 g/mol. The third kappa shape index (κ3) is 3.92. The van der Waals surface area contributed by atoms with Crippen molar-refractivity contribution in [2.45, 2.75) is 38.7 Å². The molecule has 1 atom stereocenters. The molecule has 0 aliphatic carbocycles. The van der Waals surface area contributed by atoms with Crippen LogP contribution >= 0.6 is 0 Å². The third-order valence-corrected chi connectivity index (χ3v) is 4.15. The van der Waals surface area contributed by atoms with E-state index in [-0.39, 0.29) is 5.91 Å². The van der Waals surface area contributed by atoms with Crippen molar-refractivity contribution in [2.24, 2.45) is 0 Å². The second-order valence-electron chi connectivity index (χ2n) is 5.93. The number of hydrogen-bond donors (Lipinski definition) is 0. The minimum Gasteiger partial charge on any atom is -0.463 e. The number of ether oxygens (including phenoxy) is 1. The molecule has 3 rings (SSSR count). The fourth-order valence-electron chi connectivity index (χ4n) is 2.87. The SMILES string of the molecule is CC(Oc1ccn(-c2ccccc2)n1)C(=O)N1CCCCCC1. The Hall–Kier alpha value is -2.30. The summed E-state index contributed by atoms with van der Waals surface area (Å²) in [7, 11) is 0. The first-order valence-corrected chi connectivity index (χ1v) is 8.30. The number of hydrogen-bond acceptors (Lipinski definition) is 3. The van der Waals surface area contributed by atoms with Gasteiger partial charge in [0, 0.05) is 25.4 Å². The second-order valence-corrected chi connectivity index (χ2v) is 5.93. The number of carbonyl (C=O) groups excluding carboxylic acids is 1. The number of para-hydroxylation sites is 1. The first-order chi connectivity index (χ1) is 11.2. The molecule has 122 valence electrons. The van der Waals surface area contributed by atoms with Crippen molar-refractivity contribution >= 4 is 5.91 Å². The van der Waals surface area contributed by atoms with Crippen molar-refractivity contribution in [2.75, 3.05) is 13.1 Å². The number of benzene rings is 1. The van der Waals surface area contributed by atoms with Gasteiger partial charge in [-0.3, -0.25) is 4.79 Å². The maximum atomic E-state index is 12.5. The lowest BCUT2D eigenvalue weighted by Gasteiger charge is -2.23. The minimum absolute atomic E-state index is 0.0566. The Bertz CT molecular complexity index is 631. The molecule has 1 aliphatic rings.